The molecule has 1 aromatic carbocycles. The smallest absolute Gasteiger partial charge is 0.240 e. The SMILES string of the molecule is COc1ccc(S(=O)(=O)N[C@H](C)C(C)C)cc1C(C)C. The Morgan fingerprint density at radius 2 is 1.70 bits per heavy atom. The highest BCUT2D eigenvalue weighted by molar-refractivity contribution is 7.89. The number of rotatable bonds is 6. The second-order valence-electron chi connectivity index (χ2n) is 5.71. The minimum Gasteiger partial charge on any atom is -0.496 e. The number of ether oxygens (including phenoxy) is 1. The van der Waals surface area contributed by atoms with Crippen LogP contribution in [0.4, 0.5) is 0 Å². The summed E-state index contributed by atoms with van der Waals surface area (Å²) in [7, 11) is -1.90. The van der Waals surface area contributed by atoms with Crippen LogP contribution >= 0.6 is 0 Å². The molecule has 0 bridgehead atoms. The van der Waals surface area contributed by atoms with Crippen LogP contribution < -0.4 is 9.46 Å². The zero-order valence-corrected chi connectivity index (χ0v) is 13.9. The summed E-state index contributed by atoms with van der Waals surface area (Å²) in [4.78, 5) is 0.287. The third-order valence-corrected chi connectivity index (χ3v) is 5.03. The van der Waals surface area contributed by atoms with Gasteiger partial charge in [-0.05, 0) is 42.5 Å². The first-order valence-electron chi connectivity index (χ1n) is 6.89. The molecular weight excluding hydrogens is 274 g/mol. The van der Waals surface area contributed by atoms with Gasteiger partial charge in [-0.15, -0.1) is 0 Å². The number of sulfonamides is 1. The molecule has 0 unspecified atom stereocenters. The molecular formula is C15H25NO3S. The zero-order valence-electron chi connectivity index (χ0n) is 13.1. The molecule has 0 aromatic heterocycles. The van der Waals surface area contributed by atoms with Crippen molar-refractivity contribution in [1.29, 1.82) is 0 Å². The van der Waals surface area contributed by atoms with Crippen LogP contribution in [0, 0.1) is 5.92 Å². The van der Waals surface area contributed by atoms with E-state index in [2.05, 4.69) is 4.72 Å². The monoisotopic (exact) mass is 299 g/mol. The van der Waals surface area contributed by atoms with E-state index in [1.807, 2.05) is 34.6 Å². The van der Waals surface area contributed by atoms with E-state index in [-0.39, 0.29) is 22.8 Å². The number of benzene rings is 1. The molecule has 0 heterocycles. The molecule has 4 nitrogen and oxygen atoms in total. The van der Waals surface area contributed by atoms with E-state index in [9.17, 15) is 8.42 Å². The highest BCUT2D eigenvalue weighted by Crippen LogP contribution is 2.29. The topological polar surface area (TPSA) is 55.4 Å². The number of methoxy groups -OCH3 is 1. The number of nitrogens with one attached hydrogen (secondary N) is 1. The highest BCUT2D eigenvalue weighted by atomic mass is 32.2. The van der Waals surface area contributed by atoms with Crippen molar-refractivity contribution in [2.45, 2.75) is 51.5 Å². The lowest BCUT2D eigenvalue weighted by molar-refractivity contribution is 0.407. The average Bonchev–Trinajstić information content (AvgIpc) is 2.37. The largest absolute Gasteiger partial charge is 0.496 e. The Balaban J connectivity index is 3.16. The average molecular weight is 299 g/mol. The van der Waals surface area contributed by atoms with Gasteiger partial charge in [-0.3, -0.25) is 0 Å². The van der Waals surface area contributed by atoms with Crippen LogP contribution in [0.25, 0.3) is 0 Å². The maximum Gasteiger partial charge on any atom is 0.240 e. The molecule has 0 aliphatic rings. The Labute approximate surface area is 122 Å². The van der Waals surface area contributed by atoms with Crippen molar-refractivity contribution in [1.82, 2.24) is 4.72 Å². The minimum absolute atomic E-state index is 0.107. The molecule has 0 fully saturated rings. The van der Waals surface area contributed by atoms with Crippen molar-refractivity contribution in [3.63, 3.8) is 0 Å². The lowest BCUT2D eigenvalue weighted by Gasteiger charge is -2.19. The number of hydrogen-bond acceptors (Lipinski definition) is 3. The predicted octanol–water partition coefficient (Wildman–Crippen LogP) is 3.14. The van der Waals surface area contributed by atoms with Gasteiger partial charge in [0.15, 0.2) is 0 Å². The summed E-state index contributed by atoms with van der Waals surface area (Å²) in [6.07, 6.45) is 0. The molecule has 5 heteroatoms. The van der Waals surface area contributed by atoms with E-state index >= 15 is 0 Å². The van der Waals surface area contributed by atoms with Gasteiger partial charge in [0, 0.05) is 6.04 Å². The van der Waals surface area contributed by atoms with Crippen molar-refractivity contribution in [2.24, 2.45) is 5.92 Å². The molecule has 20 heavy (non-hydrogen) atoms. The molecule has 0 aliphatic carbocycles. The van der Waals surface area contributed by atoms with Gasteiger partial charge in [0.2, 0.25) is 10.0 Å². The molecule has 0 saturated heterocycles. The first kappa shape index (κ1) is 17.0. The molecule has 114 valence electrons. The molecule has 0 saturated carbocycles. The van der Waals surface area contributed by atoms with Gasteiger partial charge in [0.05, 0.1) is 12.0 Å². The fourth-order valence-corrected chi connectivity index (χ4v) is 3.21. The lowest BCUT2D eigenvalue weighted by atomic mass is 10.0. The summed E-state index contributed by atoms with van der Waals surface area (Å²) in [5.41, 5.74) is 0.896. The molecule has 0 aliphatic heterocycles. The fraction of sp³-hybridized carbons (Fsp3) is 0.600. The zero-order chi connectivity index (χ0) is 15.5. The van der Waals surface area contributed by atoms with Gasteiger partial charge < -0.3 is 4.74 Å². The Bertz CT molecular complexity index is 550. The van der Waals surface area contributed by atoms with E-state index in [4.69, 9.17) is 4.74 Å². The minimum atomic E-state index is -3.49. The fourth-order valence-electron chi connectivity index (χ4n) is 1.78. The van der Waals surface area contributed by atoms with Crippen LogP contribution in [-0.4, -0.2) is 21.6 Å². The lowest BCUT2D eigenvalue weighted by Crippen LogP contribution is -2.36. The first-order valence-corrected chi connectivity index (χ1v) is 8.37. The Morgan fingerprint density at radius 3 is 2.15 bits per heavy atom. The van der Waals surface area contributed by atoms with Gasteiger partial charge >= 0.3 is 0 Å². The predicted molar refractivity (Wildman–Crippen MR) is 81.7 cm³/mol. The van der Waals surface area contributed by atoms with E-state index in [1.165, 1.54) is 0 Å². The third kappa shape index (κ3) is 3.96. The van der Waals surface area contributed by atoms with Crippen LogP contribution in [0.1, 0.15) is 46.1 Å². The van der Waals surface area contributed by atoms with E-state index in [0.29, 0.717) is 0 Å². The van der Waals surface area contributed by atoms with E-state index in [0.717, 1.165) is 11.3 Å². The van der Waals surface area contributed by atoms with Crippen LogP contribution in [0.2, 0.25) is 0 Å². The summed E-state index contributed by atoms with van der Waals surface area (Å²) >= 11 is 0. The molecule has 1 atom stereocenters. The van der Waals surface area contributed by atoms with Gasteiger partial charge in [0.25, 0.3) is 0 Å². The van der Waals surface area contributed by atoms with Gasteiger partial charge in [-0.25, -0.2) is 13.1 Å². The summed E-state index contributed by atoms with van der Waals surface area (Å²) in [6, 6.07) is 4.88. The second kappa shape index (κ2) is 6.59. The molecule has 0 radical (unpaired) electrons. The Morgan fingerprint density at radius 1 is 1.10 bits per heavy atom. The molecule has 1 rings (SSSR count). The molecule has 1 N–H and O–H groups in total. The summed E-state index contributed by atoms with van der Waals surface area (Å²) in [5.74, 6) is 1.16. The van der Waals surface area contributed by atoms with Crippen molar-refractivity contribution in [3.8, 4) is 5.75 Å². The second-order valence-corrected chi connectivity index (χ2v) is 7.43. The van der Waals surface area contributed by atoms with Gasteiger partial charge in [-0.2, -0.15) is 0 Å². The normalized spacial score (nSPS) is 13.8. The highest BCUT2D eigenvalue weighted by Gasteiger charge is 2.21. The standard InChI is InChI=1S/C15H25NO3S/c1-10(2)12(5)16-20(17,18)13-7-8-15(19-6)14(9-13)11(3)4/h7-12,16H,1-6H3/t12-/m1/s1. The van der Waals surface area contributed by atoms with Crippen molar-refractivity contribution < 1.29 is 13.2 Å². The Hall–Kier alpha value is -1.07. The summed E-state index contributed by atoms with van der Waals surface area (Å²) in [5, 5.41) is 0. The van der Waals surface area contributed by atoms with Crippen LogP contribution in [0.15, 0.2) is 23.1 Å². The summed E-state index contributed by atoms with van der Waals surface area (Å²) < 4.78 is 32.7. The van der Waals surface area contributed by atoms with Crippen molar-refractivity contribution >= 4 is 10.0 Å². The van der Waals surface area contributed by atoms with Crippen LogP contribution in [0.3, 0.4) is 0 Å². The molecule has 0 spiro atoms. The number of hydrogen-bond donors (Lipinski definition) is 1. The Kier molecular flexibility index (Phi) is 5.59. The molecule has 1 aromatic rings. The molecule has 0 amide bonds. The van der Waals surface area contributed by atoms with Crippen LogP contribution in [-0.2, 0) is 10.0 Å². The van der Waals surface area contributed by atoms with Crippen LogP contribution in [0.5, 0.6) is 5.75 Å². The first-order chi connectivity index (χ1) is 9.19. The maximum absolute atomic E-state index is 12.4. The van der Waals surface area contributed by atoms with E-state index < -0.39 is 10.0 Å². The quantitative estimate of drug-likeness (QED) is 0.878. The van der Waals surface area contributed by atoms with Crippen molar-refractivity contribution in [2.75, 3.05) is 7.11 Å². The van der Waals surface area contributed by atoms with Gasteiger partial charge in [0.1, 0.15) is 5.75 Å². The van der Waals surface area contributed by atoms with E-state index in [1.54, 1.807) is 25.3 Å². The summed E-state index contributed by atoms with van der Waals surface area (Å²) in [6.45, 7) is 9.87. The third-order valence-electron chi connectivity index (χ3n) is 3.47. The van der Waals surface area contributed by atoms with Crippen molar-refractivity contribution in [3.05, 3.63) is 23.8 Å². The maximum atomic E-state index is 12.4. The van der Waals surface area contributed by atoms with Gasteiger partial charge in [-0.1, -0.05) is 27.7 Å².